The van der Waals surface area contributed by atoms with E-state index in [1.807, 2.05) is 13.2 Å². The zero-order valence-corrected chi connectivity index (χ0v) is 13.1. The van der Waals surface area contributed by atoms with Crippen molar-refractivity contribution in [3.8, 4) is 0 Å². The summed E-state index contributed by atoms with van der Waals surface area (Å²) in [6.07, 6.45) is 3.66. The van der Waals surface area contributed by atoms with Crippen LogP contribution in [-0.4, -0.2) is 41.7 Å². The van der Waals surface area contributed by atoms with E-state index in [1.54, 1.807) is 34.9 Å². The van der Waals surface area contributed by atoms with E-state index in [4.69, 9.17) is 5.11 Å². The largest absolute Gasteiger partial charge is 0.478 e. The molecule has 0 spiro atoms. The number of aromatic carboxylic acids is 1. The number of hydrogen-bond donors (Lipinski definition) is 2. The molecule has 0 radical (unpaired) electrons. The summed E-state index contributed by atoms with van der Waals surface area (Å²) in [5.74, 6) is -0.0716. The molecular weight excluding hydrogens is 288 g/mol. The molecule has 21 heavy (non-hydrogen) atoms. The van der Waals surface area contributed by atoms with E-state index in [0.717, 1.165) is 29.8 Å². The van der Waals surface area contributed by atoms with Gasteiger partial charge in [0.05, 0.1) is 5.56 Å². The molecule has 0 fully saturated rings. The van der Waals surface area contributed by atoms with E-state index in [0.29, 0.717) is 6.54 Å². The Kier molecular flexibility index (Phi) is 5.12. The molecule has 2 rings (SSSR count). The van der Waals surface area contributed by atoms with Gasteiger partial charge in [-0.3, -0.25) is 4.90 Å². The zero-order valence-electron chi connectivity index (χ0n) is 12.3. The SMILES string of the molecule is CSCC(C)NC(=O)N1CCCc2cc(C(=O)O)ccc21. The number of benzene rings is 1. The van der Waals surface area contributed by atoms with Gasteiger partial charge in [0, 0.05) is 24.0 Å². The van der Waals surface area contributed by atoms with Crippen molar-refractivity contribution in [2.75, 3.05) is 23.5 Å². The Hall–Kier alpha value is -1.69. The molecule has 0 aromatic heterocycles. The smallest absolute Gasteiger partial charge is 0.335 e. The molecular formula is C15H20N2O3S. The second kappa shape index (κ2) is 6.85. The van der Waals surface area contributed by atoms with Crippen LogP contribution in [0.5, 0.6) is 0 Å². The summed E-state index contributed by atoms with van der Waals surface area (Å²) in [7, 11) is 0. The van der Waals surface area contributed by atoms with Gasteiger partial charge in [-0.2, -0.15) is 11.8 Å². The first-order valence-electron chi connectivity index (χ1n) is 6.96. The fourth-order valence-electron chi connectivity index (χ4n) is 2.52. The van der Waals surface area contributed by atoms with Crippen molar-refractivity contribution in [3.63, 3.8) is 0 Å². The third-order valence-corrected chi connectivity index (χ3v) is 4.31. The molecule has 1 aromatic rings. The lowest BCUT2D eigenvalue weighted by Crippen LogP contribution is -2.46. The molecule has 0 bridgehead atoms. The first kappa shape index (κ1) is 15.7. The summed E-state index contributed by atoms with van der Waals surface area (Å²) < 4.78 is 0. The van der Waals surface area contributed by atoms with Crippen molar-refractivity contribution in [2.45, 2.75) is 25.8 Å². The van der Waals surface area contributed by atoms with Crippen LogP contribution in [0.25, 0.3) is 0 Å². The molecule has 1 aromatic carbocycles. The fraction of sp³-hybridized carbons (Fsp3) is 0.467. The van der Waals surface area contributed by atoms with Gasteiger partial charge in [-0.15, -0.1) is 0 Å². The van der Waals surface area contributed by atoms with Crippen molar-refractivity contribution >= 4 is 29.4 Å². The van der Waals surface area contributed by atoms with Crippen LogP contribution in [0, 0.1) is 0 Å². The summed E-state index contributed by atoms with van der Waals surface area (Å²) >= 11 is 1.69. The zero-order chi connectivity index (χ0) is 15.4. The van der Waals surface area contributed by atoms with E-state index >= 15 is 0 Å². The van der Waals surface area contributed by atoms with Crippen LogP contribution in [-0.2, 0) is 6.42 Å². The summed E-state index contributed by atoms with van der Waals surface area (Å²) in [6, 6.07) is 4.95. The third-order valence-electron chi connectivity index (χ3n) is 3.48. The number of thioether (sulfide) groups is 1. The van der Waals surface area contributed by atoms with Gasteiger partial charge >= 0.3 is 12.0 Å². The highest BCUT2D eigenvalue weighted by Crippen LogP contribution is 2.28. The van der Waals surface area contributed by atoms with E-state index in [1.165, 1.54) is 0 Å². The van der Waals surface area contributed by atoms with Gasteiger partial charge in [-0.25, -0.2) is 9.59 Å². The van der Waals surface area contributed by atoms with Crippen molar-refractivity contribution in [3.05, 3.63) is 29.3 Å². The number of nitrogens with zero attached hydrogens (tertiary/aromatic N) is 1. The molecule has 0 saturated carbocycles. The highest BCUT2D eigenvalue weighted by atomic mass is 32.2. The molecule has 1 aliphatic heterocycles. The summed E-state index contributed by atoms with van der Waals surface area (Å²) in [4.78, 5) is 25.1. The topological polar surface area (TPSA) is 69.6 Å². The van der Waals surface area contributed by atoms with Gasteiger partial charge in [-0.05, 0) is 49.8 Å². The average molecular weight is 308 g/mol. The van der Waals surface area contributed by atoms with E-state index < -0.39 is 5.97 Å². The third kappa shape index (κ3) is 3.69. The van der Waals surface area contributed by atoms with E-state index in [-0.39, 0.29) is 17.6 Å². The Bertz CT molecular complexity index is 548. The van der Waals surface area contributed by atoms with Crippen LogP contribution in [0.2, 0.25) is 0 Å². The number of carbonyl (C=O) groups excluding carboxylic acids is 1. The van der Waals surface area contributed by atoms with Crippen LogP contribution in [0.3, 0.4) is 0 Å². The Morgan fingerprint density at radius 3 is 2.90 bits per heavy atom. The van der Waals surface area contributed by atoms with Crippen LogP contribution in [0.4, 0.5) is 10.5 Å². The number of amides is 2. The molecule has 0 aliphatic carbocycles. The Morgan fingerprint density at radius 1 is 1.48 bits per heavy atom. The number of hydrogen-bond acceptors (Lipinski definition) is 3. The monoisotopic (exact) mass is 308 g/mol. The molecule has 1 atom stereocenters. The van der Waals surface area contributed by atoms with Crippen molar-refractivity contribution < 1.29 is 14.7 Å². The van der Waals surface area contributed by atoms with Crippen molar-refractivity contribution in [1.29, 1.82) is 0 Å². The summed E-state index contributed by atoms with van der Waals surface area (Å²) in [6.45, 7) is 2.64. The van der Waals surface area contributed by atoms with Crippen LogP contribution in [0.1, 0.15) is 29.3 Å². The maximum Gasteiger partial charge on any atom is 0.335 e. The molecule has 1 unspecified atom stereocenters. The summed E-state index contributed by atoms with van der Waals surface area (Å²) in [5.41, 5.74) is 2.01. The highest BCUT2D eigenvalue weighted by molar-refractivity contribution is 7.98. The lowest BCUT2D eigenvalue weighted by molar-refractivity contribution is 0.0696. The number of rotatable bonds is 4. The molecule has 1 heterocycles. The lowest BCUT2D eigenvalue weighted by Gasteiger charge is -2.30. The Labute approximate surface area is 128 Å². The number of anilines is 1. The molecule has 5 nitrogen and oxygen atoms in total. The van der Waals surface area contributed by atoms with Crippen LogP contribution >= 0.6 is 11.8 Å². The van der Waals surface area contributed by atoms with Crippen molar-refractivity contribution in [1.82, 2.24) is 5.32 Å². The summed E-state index contributed by atoms with van der Waals surface area (Å²) in [5, 5.41) is 12.0. The Balaban J connectivity index is 2.18. The van der Waals surface area contributed by atoms with Crippen LogP contribution in [0.15, 0.2) is 18.2 Å². The molecule has 1 aliphatic rings. The van der Waals surface area contributed by atoms with Gasteiger partial charge in [0.2, 0.25) is 0 Å². The predicted octanol–water partition coefficient (Wildman–Crippen LogP) is 2.60. The second-order valence-electron chi connectivity index (χ2n) is 5.21. The number of carbonyl (C=O) groups is 2. The highest BCUT2D eigenvalue weighted by Gasteiger charge is 2.24. The van der Waals surface area contributed by atoms with E-state index in [2.05, 4.69) is 5.32 Å². The number of urea groups is 1. The maximum absolute atomic E-state index is 12.4. The number of fused-ring (bicyclic) bond motifs is 1. The van der Waals surface area contributed by atoms with Gasteiger partial charge in [0.1, 0.15) is 0 Å². The lowest BCUT2D eigenvalue weighted by atomic mass is 9.99. The minimum atomic E-state index is -0.937. The first-order chi connectivity index (χ1) is 10.0. The predicted molar refractivity (Wildman–Crippen MR) is 85.4 cm³/mol. The number of nitrogens with one attached hydrogen (secondary N) is 1. The molecule has 2 amide bonds. The normalized spacial score (nSPS) is 15.2. The molecule has 0 saturated heterocycles. The van der Waals surface area contributed by atoms with Crippen LogP contribution < -0.4 is 10.2 Å². The number of aryl methyl sites for hydroxylation is 1. The number of carboxylic acid groups (broad SMARTS) is 1. The average Bonchev–Trinajstić information content (AvgIpc) is 2.46. The molecule has 6 heteroatoms. The fourth-order valence-corrected chi connectivity index (χ4v) is 3.10. The standard InChI is InChI=1S/C15H20N2O3S/c1-10(9-21-2)16-15(20)17-7-3-4-11-8-12(14(18)19)5-6-13(11)17/h5-6,8,10H,3-4,7,9H2,1-2H3,(H,16,20)(H,18,19). The molecule has 2 N–H and O–H groups in total. The first-order valence-corrected chi connectivity index (χ1v) is 8.35. The minimum Gasteiger partial charge on any atom is -0.478 e. The quantitative estimate of drug-likeness (QED) is 0.897. The second-order valence-corrected chi connectivity index (χ2v) is 6.12. The van der Waals surface area contributed by atoms with Gasteiger partial charge in [0.15, 0.2) is 0 Å². The van der Waals surface area contributed by atoms with Gasteiger partial charge < -0.3 is 10.4 Å². The number of carboxylic acids is 1. The van der Waals surface area contributed by atoms with Crippen molar-refractivity contribution in [2.24, 2.45) is 0 Å². The van der Waals surface area contributed by atoms with Gasteiger partial charge in [-0.1, -0.05) is 0 Å². The van der Waals surface area contributed by atoms with Gasteiger partial charge in [0.25, 0.3) is 0 Å². The minimum absolute atomic E-state index is 0.108. The van der Waals surface area contributed by atoms with E-state index in [9.17, 15) is 9.59 Å². The Morgan fingerprint density at radius 2 is 2.24 bits per heavy atom. The maximum atomic E-state index is 12.4. The molecule has 114 valence electrons.